The van der Waals surface area contributed by atoms with E-state index < -0.39 is 16.5 Å². The maximum absolute atomic E-state index is 12.0. The monoisotopic (exact) mass is 284 g/mol. The third-order valence-electron chi connectivity index (χ3n) is 3.33. The number of benzene rings is 1. The van der Waals surface area contributed by atoms with Crippen molar-refractivity contribution >= 4 is 23.2 Å². The van der Waals surface area contributed by atoms with Gasteiger partial charge in [-0.1, -0.05) is 17.7 Å². The Morgan fingerprint density at radius 3 is 2.74 bits per heavy atom. The van der Waals surface area contributed by atoms with Crippen molar-refractivity contribution in [1.82, 2.24) is 5.32 Å². The van der Waals surface area contributed by atoms with Crippen LogP contribution in [0, 0.1) is 15.5 Å². The van der Waals surface area contributed by atoms with E-state index in [1.807, 2.05) is 0 Å². The lowest BCUT2D eigenvalue weighted by Crippen LogP contribution is -2.32. The summed E-state index contributed by atoms with van der Waals surface area (Å²) in [5, 5.41) is 22.6. The molecular formula is C12H13ClN2O4. The number of carbonyl (C=O) groups is 1. The molecule has 0 saturated heterocycles. The van der Waals surface area contributed by atoms with Crippen LogP contribution in [-0.2, 0) is 0 Å². The second kappa shape index (κ2) is 5.14. The van der Waals surface area contributed by atoms with Gasteiger partial charge in [-0.15, -0.1) is 0 Å². The molecule has 1 amide bonds. The number of aliphatic hydroxyl groups excluding tert-OH is 1. The SMILES string of the molecule is O=C(NCC1(CO)CC1)c1cccc(Cl)c1[N+](=O)[O-]. The summed E-state index contributed by atoms with van der Waals surface area (Å²) in [6, 6.07) is 4.22. The maximum Gasteiger partial charge on any atom is 0.300 e. The van der Waals surface area contributed by atoms with Gasteiger partial charge in [-0.05, 0) is 25.0 Å². The number of amides is 1. The average Bonchev–Trinajstić information content (AvgIpc) is 3.16. The van der Waals surface area contributed by atoms with Gasteiger partial charge in [0.1, 0.15) is 10.6 Å². The highest BCUT2D eigenvalue weighted by Gasteiger charge is 2.42. The highest BCUT2D eigenvalue weighted by molar-refractivity contribution is 6.33. The summed E-state index contributed by atoms with van der Waals surface area (Å²) in [5.41, 5.74) is -0.704. The molecule has 6 nitrogen and oxygen atoms in total. The van der Waals surface area contributed by atoms with Crippen LogP contribution in [0.2, 0.25) is 5.02 Å². The van der Waals surface area contributed by atoms with E-state index in [0.717, 1.165) is 12.8 Å². The molecule has 1 aliphatic rings. The molecule has 1 aromatic carbocycles. The van der Waals surface area contributed by atoms with Crippen LogP contribution in [0.3, 0.4) is 0 Å². The van der Waals surface area contributed by atoms with Crippen LogP contribution >= 0.6 is 11.6 Å². The number of hydrogen-bond acceptors (Lipinski definition) is 4. The summed E-state index contributed by atoms with van der Waals surface area (Å²) in [6.45, 7) is 0.316. The molecule has 19 heavy (non-hydrogen) atoms. The number of nitrogens with zero attached hydrogens (tertiary/aromatic N) is 1. The van der Waals surface area contributed by atoms with Crippen molar-refractivity contribution in [2.45, 2.75) is 12.8 Å². The quantitative estimate of drug-likeness (QED) is 0.636. The average molecular weight is 285 g/mol. The van der Waals surface area contributed by atoms with E-state index in [4.69, 9.17) is 16.7 Å². The van der Waals surface area contributed by atoms with Gasteiger partial charge in [0.05, 0.1) is 11.5 Å². The highest BCUT2D eigenvalue weighted by atomic mass is 35.5. The minimum Gasteiger partial charge on any atom is -0.396 e. The molecular weight excluding hydrogens is 272 g/mol. The van der Waals surface area contributed by atoms with Crippen LogP contribution in [0.25, 0.3) is 0 Å². The lowest BCUT2D eigenvalue weighted by Gasteiger charge is -2.12. The third kappa shape index (κ3) is 2.85. The molecule has 1 aliphatic carbocycles. The molecule has 0 aliphatic heterocycles. The van der Waals surface area contributed by atoms with E-state index in [9.17, 15) is 14.9 Å². The van der Waals surface area contributed by atoms with Crippen LogP contribution in [0.1, 0.15) is 23.2 Å². The smallest absolute Gasteiger partial charge is 0.300 e. The molecule has 0 unspecified atom stereocenters. The van der Waals surface area contributed by atoms with E-state index in [1.54, 1.807) is 0 Å². The zero-order chi connectivity index (χ0) is 14.0. The first kappa shape index (κ1) is 13.8. The Kier molecular flexibility index (Phi) is 3.73. The van der Waals surface area contributed by atoms with Gasteiger partial charge in [-0.25, -0.2) is 0 Å². The van der Waals surface area contributed by atoms with Gasteiger partial charge in [0.2, 0.25) is 0 Å². The van der Waals surface area contributed by atoms with Crippen molar-refractivity contribution in [2.24, 2.45) is 5.41 Å². The number of para-hydroxylation sites is 1. The van der Waals surface area contributed by atoms with E-state index >= 15 is 0 Å². The summed E-state index contributed by atoms with van der Waals surface area (Å²) < 4.78 is 0. The Morgan fingerprint density at radius 1 is 1.53 bits per heavy atom. The van der Waals surface area contributed by atoms with Gasteiger partial charge in [-0.2, -0.15) is 0 Å². The van der Waals surface area contributed by atoms with Crippen LogP contribution in [0.15, 0.2) is 18.2 Å². The largest absolute Gasteiger partial charge is 0.396 e. The lowest BCUT2D eigenvalue weighted by atomic mass is 10.1. The van der Waals surface area contributed by atoms with Crippen molar-refractivity contribution in [3.8, 4) is 0 Å². The fraction of sp³-hybridized carbons (Fsp3) is 0.417. The van der Waals surface area contributed by atoms with Gasteiger partial charge < -0.3 is 10.4 Å². The zero-order valence-electron chi connectivity index (χ0n) is 10.1. The van der Waals surface area contributed by atoms with Crippen molar-refractivity contribution in [1.29, 1.82) is 0 Å². The number of aliphatic hydroxyl groups is 1. The van der Waals surface area contributed by atoms with Crippen LogP contribution < -0.4 is 5.32 Å². The first-order valence-corrected chi connectivity index (χ1v) is 6.19. The Bertz CT molecular complexity index is 528. The molecule has 1 saturated carbocycles. The van der Waals surface area contributed by atoms with Gasteiger partial charge in [-0.3, -0.25) is 14.9 Å². The first-order chi connectivity index (χ1) is 8.99. The van der Waals surface area contributed by atoms with E-state index in [0.29, 0.717) is 6.54 Å². The van der Waals surface area contributed by atoms with Crippen molar-refractivity contribution in [3.05, 3.63) is 38.9 Å². The summed E-state index contributed by atoms with van der Waals surface area (Å²) in [7, 11) is 0. The van der Waals surface area contributed by atoms with Gasteiger partial charge >= 0.3 is 5.69 Å². The first-order valence-electron chi connectivity index (χ1n) is 5.81. The number of hydrogen-bond donors (Lipinski definition) is 2. The molecule has 7 heteroatoms. The number of rotatable bonds is 5. The predicted octanol–water partition coefficient (Wildman–Crippen LogP) is 1.75. The van der Waals surface area contributed by atoms with E-state index in [-0.39, 0.29) is 22.6 Å². The van der Waals surface area contributed by atoms with Gasteiger partial charge in [0, 0.05) is 12.0 Å². The zero-order valence-corrected chi connectivity index (χ0v) is 10.8. The normalized spacial score (nSPS) is 15.9. The minimum atomic E-state index is -0.670. The number of nitro benzene ring substituents is 1. The number of halogens is 1. The van der Waals surface area contributed by atoms with Gasteiger partial charge in [0.15, 0.2) is 0 Å². The number of carbonyl (C=O) groups excluding carboxylic acids is 1. The van der Waals surface area contributed by atoms with Crippen molar-refractivity contribution in [3.63, 3.8) is 0 Å². The molecule has 0 bridgehead atoms. The molecule has 1 aromatic rings. The van der Waals surface area contributed by atoms with Crippen LogP contribution in [0.4, 0.5) is 5.69 Å². The summed E-state index contributed by atoms with van der Waals surface area (Å²) in [6.07, 6.45) is 1.70. The Labute approximate surface area is 114 Å². The summed E-state index contributed by atoms with van der Waals surface area (Å²) in [4.78, 5) is 22.2. The molecule has 0 spiro atoms. The van der Waals surface area contributed by atoms with Crippen LogP contribution in [0.5, 0.6) is 0 Å². The fourth-order valence-corrected chi connectivity index (χ4v) is 2.06. The standard InChI is InChI=1S/C12H13ClN2O4/c13-9-3-1-2-8(10(9)15(18)19)11(17)14-6-12(7-16)4-5-12/h1-3,16H,4-7H2,(H,14,17). The minimum absolute atomic E-state index is 0.00488. The number of nitrogens with one attached hydrogen (secondary N) is 1. The summed E-state index contributed by atoms with van der Waals surface area (Å²) >= 11 is 5.74. The Balaban J connectivity index is 2.15. The third-order valence-corrected chi connectivity index (χ3v) is 3.64. The molecule has 102 valence electrons. The van der Waals surface area contributed by atoms with Crippen molar-refractivity contribution < 1.29 is 14.8 Å². The maximum atomic E-state index is 12.0. The Morgan fingerprint density at radius 2 is 2.21 bits per heavy atom. The lowest BCUT2D eigenvalue weighted by molar-refractivity contribution is -0.385. The molecule has 2 N–H and O–H groups in total. The molecule has 0 atom stereocenters. The molecule has 0 radical (unpaired) electrons. The molecule has 2 rings (SSSR count). The predicted molar refractivity (Wildman–Crippen MR) is 69.2 cm³/mol. The van der Waals surface area contributed by atoms with E-state index in [1.165, 1.54) is 18.2 Å². The fourth-order valence-electron chi connectivity index (χ4n) is 1.81. The molecule has 0 heterocycles. The van der Waals surface area contributed by atoms with Gasteiger partial charge in [0.25, 0.3) is 5.91 Å². The highest BCUT2D eigenvalue weighted by Crippen LogP contribution is 2.44. The molecule has 1 fully saturated rings. The Hall–Kier alpha value is -1.66. The number of nitro groups is 1. The second-order valence-corrected chi connectivity index (χ2v) is 5.14. The molecule has 0 aromatic heterocycles. The van der Waals surface area contributed by atoms with E-state index in [2.05, 4.69) is 5.32 Å². The van der Waals surface area contributed by atoms with Crippen LogP contribution in [-0.4, -0.2) is 29.1 Å². The topological polar surface area (TPSA) is 92.5 Å². The van der Waals surface area contributed by atoms with Crippen molar-refractivity contribution in [2.75, 3.05) is 13.2 Å². The summed E-state index contributed by atoms with van der Waals surface area (Å²) in [5.74, 6) is -0.547. The second-order valence-electron chi connectivity index (χ2n) is 4.73.